The number of rotatable bonds is 24. The van der Waals surface area contributed by atoms with Gasteiger partial charge in [-0.1, -0.05) is 27.7 Å². The fourth-order valence-electron chi connectivity index (χ4n) is 4.24. The first-order valence-electron chi connectivity index (χ1n) is 15.8. The number of carboxylic acid groups (broad SMARTS) is 3. The van der Waals surface area contributed by atoms with E-state index in [0.717, 1.165) is 0 Å². The molecule has 21 nitrogen and oxygen atoms in total. The lowest BCUT2D eigenvalue weighted by molar-refractivity contribution is -0.143. The molecule has 0 aromatic rings. The highest BCUT2D eigenvalue weighted by Gasteiger charge is 2.34. The number of nitrogens with one attached hydrogen (secondary N) is 5. The lowest BCUT2D eigenvalue weighted by Gasteiger charge is -2.27. The third-order valence-corrected chi connectivity index (χ3v) is 7.03. The molecule has 0 aliphatic rings. The standard InChI is InChI=1S/C29H51N9O12/c1-13(2)10-17(24(45)38-19(12-39)26(47)35-16(28(49)50)6-5-9-33-29(31)32)36-25(46)18(11-21(42)43)37-23(44)15(7-8-20(40)41)34-27(48)22(30)14(3)4/h13-19,22,39H,5-12,30H2,1-4H3,(H,34,48)(H,35,47)(H,36,46)(H,37,44)(H,38,45)(H,40,41)(H,42,43)(H,49,50)(H4,31,32,33)/t15-,16-,17-,18-,19-,22-/m0/s1. The minimum Gasteiger partial charge on any atom is -0.481 e. The Morgan fingerprint density at radius 2 is 1.12 bits per heavy atom. The van der Waals surface area contributed by atoms with Gasteiger partial charge in [-0.25, -0.2) is 4.79 Å². The van der Waals surface area contributed by atoms with Crippen molar-refractivity contribution in [2.75, 3.05) is 13.2 Å². The average molecular weight is 718 g/mol. The van der Waals surface area contributed by atoms with Gasteiger partial charge in [0.05, 0.1) is 19.1 Å². The summed E-state index contributed by atoms with van der Waals surface area (Å²) >= 11 is 0. The summed E-state index contributed by atoms with van der Waals surface area (Å²) in [6.45, 7) is 5.73. The van der Waals surface area contributed by atoms with Crippen LogP contribution in [0.1, 0.15) is 66.2 Å². The molecular weight excluding hydrogens is 666 g/mol. The van der Waals surface area contributed by atoms with E-state index in [0.29, 0.717) is 0 Å². The minimum absolute atomic E-state index is 0.0714. The van der Waals surface area contributed by atoms with Crippen LogP contribution in [0, 0.1) is 11.8 Å². The van der Waals surface area contributed by atoms with Gasteiger partial charge in [0.25, 0.3) is 0 Å². The number of aliphatic hydroxyl groups is 1. The number of aliphatic carboxylic acids is 3. The van der Waals surface area contributed by atoms with Gasteiger partial charge in [0.15, 0.2) is 5.96 Å². The molecule has 0 bridgehead atoms. The normalized spacial score (nSPS) is 14.6. The Morgan fingerprint density at radius 3 is 1.60 bits per heavy atom. The van der Waals surface area contributed by atoms with E-state index >= 15 is 0 Å². The highest BCUT2D eigenvalue weighted by atomic mass is 16.4. The van der Waals surface area contributed by atoms with Crippen LogP contribution in [0.15, 0.2) is 4.99 Å². The summed E-state index contributed by atoms with van der Waals surface area (Å²) in [4.78, 5) is 103. The Morgan fingerprint density at radius 1 is 0.640 bits per heavy atom. The van der Waals surface area contributed by atoms with Crippen molar-refractivity contribution in [3.63, 3.8) is 0 Å². The molecule has 15 N–H and O–H groups in total. The van der Waals surface area contributed by atoms with Crippen LogP contribution >= 0.6 is 0 Å². The smallest absolute Gasteiger partial charge is 0.326 e. The van der Waals surface area contributed by atoms with Crippen molar-refractivity contribution in [2.45, 2.75) is 102 Å². The number of aliphatic hydroxyl groups excluding tert-OH is 1. The predicted molar refractivity (Wildman–Crippen MR) is 176 cm³/mol. The van der Waals surface area contributed by atoms with E-state index in [4.69, 9.17) is 22.3 Å². The quantitative estimate of drug-likeness (QED) is 0.0256. The van der Waals surface area contributed by atoms with Crippen molar-refractivity contribution in [3.05, 3.63) is 0 Å². The van der Waals surface area contributed by atoms with Crippen molar-refractivity contribution in [2.24, 2.45) is 34.0 Å². The first-order valence-corrected chi connectivity index (χ1v) is 15.8. The molecule has 0 aromatic carbocycles. The van der Waals surface area contributed by atoms with E-state index in [2.05, 4.69) is 31.6 Å². The van der Waals surface area contributed by atoms with E-state index in [9.17, 15) is 53.7 Å². The molecule has 284 valence electrons. The number of hydrogen-bond donors (Lipinski definition) is 12. The van der Waals surface area contributed by atoms with Gasteiger partial charge in [-0.05, 0) is 37.5 Å². The molecule has 0 rings (SSSR count). The summed E-state index contributed by atoms with van der Waals surface area (Å²) in [6.07, 6.45) is -2.00. The van der Waals surface area contributed by atoms with Gasteiger partial charge in [-0.3, -0.25) is 38.6 Å². The van der Waals surface area contributed by atoms with E-state index < -0.39 is 110 Å². The molecule has 5 amide bonds. The summed E-state index contributed by atoms with van der Waals surface area (Å²) in [5.74, 6) is -10.2. The van der Waals surface area contributed by atoms with Crippen LogP contribution in [0.4, 0.5) is 0 Å². The number of amides is 5. The second-order valence-electron chi connectivity index (χ2n) is 12.2. The van der Waals surface area contributed by atoms with Crippen molar-refractivity contribution < 1.29 is 58.8 Å². The third kappa shape index (κ3) is 17.9. The van der Waals surface area contributed by atoms with Crippen molar-refractivity contribution in [1.82, 2.24) is 26.6 Å². The first-order chi connectivity index (χ1) is 23.2. The second-order valence-corrected chi connectivity index (χ2v) is 12.2. The number of carbonyl (C=O) groups is 8. The summed E-state index contributed by atoms with van der Waals surface area (Å²) in [6, 6.07) is -8.96. The largest absolute Gasteiger partial charge is 0.481 e. The van der Waals surface area contributed by atoms with Crippen LogP contribution < -0.4 is 43.8 Å². The molecule has 0 saturated carbocycles. The Hall–Kier alpha value is -5.05. The fourth-order valence-corrected chi connectivity index (χ4v) is 4.24. The van der Waals surface area contributed by atoms with Crippen molar-refractivity contribution in [1.29, 1.82) is 0 Å². The number of nitrogens with two attached hydrogens (primary N) is 3. The highest BCUT2D eigenvalue weighted by Crippen LogP contribution is 2.09. The summed E-state index contributed by atoms with van der Waals surface area (Å²) < 4.78 is 0. The van der Waals surface area contributed by atoms with Crippen LogP contribution in [0.2, 0.25) is 0 Å². The van der Waals surface area contributed by atoms with Gasteiger partial charge >= 0.3 is 17.9 Å². The molecule has 0 aromatic heterocycles. The molecule has 0 spiro atoms. The lowest BCUT2D eigenvalue weighted by atomic mass is 10.0. The third-order valence-electron chi connectivity index (χ3n) is 7.03. The first kappa shape index (κ1) is 44.9. The van der Waals surface area contributed by atoms with Crippen LogP contribution in [-0.4, -0.2) is 123 Å². The zero-order chi connectivity index (χ0) is 38.7. The molecule has 0 aliphatic carbocycles. The monoisotopic (exact) mass is 717 g/mol. The van der Waals surface area contributed by atoms with Gasteiger partial charge in [0.2, 0.25) is 29.5 Å². The maximum Gasteiger partial charge on any atom is 0.326 e. The minimum atomic E-state index is -1.82. The molecule has 0 fully saturated rings. The SMILES string of the molecule is CC(C)C[C@H](NC(=O)[C@H](CC(=O)O)NC(=O)[C@H](CCC(=O)O)NC(=O)[C@@H](N)C(C)C)C(=O)N[C@@H](CO)C(=O)N[C@@H](CCCN=C(N)N)C(=O)O. The van der Waals surface area contributed by atoms with Crippen LogP contribution in [-0.2, 0) is 38.4 Å². The van der Waals surface area contributed by atoms with Gasteiger partial charge in [0, 0.05) is 13.0 Å². The Bertz CT molecular complexity index is 1240. The zero-order valence-electron chi connectivity index (χ0n) is 28.5. The van der Waals surface area contributed by atoms with Gasteiger partial charge in [-0.2, -0.15) is 0 Å². The van der Waals surface area contributed by atoms with E-state index in [1.54, 1.807) is 27.7 Å². The van der Waals surface area contributed by atoms with E-state index in [-0.39, 0.29) is 43.6 Å². The van der Waals surface area contributed by atoms with Crippen LogP contribution in [0.5, 0.6) is 0 Å². The molecule has 0 aliphatic heterocycles. The Kier molecular flexibility index (Phi) is 20.3. The zero-order valence-corrected chi connectivity index (χ0v) is 28.5. The molecular formula is C29H51N9O12. The topological polar surface area (TPSA) is 368 Å². The van der Waals surface area contributed by atoms with E-state index in [1.807, 2.05) is 0 Å². The molecule has 0 saturated heterocycles. The molecule has 0 unspecified atom stereocenters. The van der Waals surface area contributed by atoms with Gasteiger partial charge < -0.3 is 64.2 Å². The van der Waals surface area contributed by atoms with E-state index in [1.165, 1.54) is 0 Å². The summed E-state index contributed by atoms with van der Waals surface area (Å²) in [5.41, 5.74) is 16.3. The average Bonchev–Trinajstić information content (AvgIpc) is 3.00. The van der Waals surface area contributed by atoms with Crippen molar-refractivity contribution in [3.8, 4) is 0 Å². The van der Waals surface area contributed by atoms with Gasteiger partial charge in [-0.15, -0.1) is 0 Å². The number of aliphatic imine (C=N–C) groups is 1. The number of carbonyl (C=O) groups excluding carboxylic acids is 5. The molecule has 50 heavy (non-hydrogen) atoms. The molecule has 0 radical (unpaired) electrons. The predicted octanol–water partition coefficient (Wildman–Crippen LogP) is -4.09. The molecule has 21 heteroatoms. The summed E-state index contributed by atoms with van der Waals surface area (Å²) in [7, 11) is 0. The van der Waals surface area contributed by atoms with Crippen LogP contribution in [0.3, 0.4) is 0 Å². The number of hydrogen-bond acceptors (Lipinski definition) is 11. The Labute approximate surface area is 288 Å². The van der Waals surface area contributed by atoms with Gasteiger partial charge in [0.1, 0.15) is 30.2 Å². The fraction of sp³-hybridized carbons (Fsp3) is 0.690. The second kappa shape index (κ2) is 22.6. The Balaban J connectivity index is 5.97. The number of nitrogens with zero attached hydrogens (tertiary/aromatic N) is 1. The highest BCUT2D eigenvalue weighted by molar-refractivity contribution is 5.97. The number of guanidine groups is 1. The summed E-state index contributed by atoms with van der Waals surface area (Å²) in [5, 5.41) is 49.1. The molecule has 6 atom stereocenters. The molecule has 0 heterocycles. The maximum atomic E-state index is 13.3. The van der Waals surface area contributed by atoms with Crippen LogP contribution in [0.25, 0.3) is 0 Å². The lowest BCUT2D eigenvalue weighted by Crippen LogP contribution is -2.60. The van der Waals surface area contributed by atoms with Crippen molar-refractivity contribution >= 4 is 53.4 Å². The number of carboxylic acids is 3. The maximum absolute atomic E-state index is 13.3.